The molecule has 3 aromatic rings. The van der Waals surface area contributed by atoms with Gasteiger partial charge in [-0.05, 0) is 48.6 Å². The van der Waals surface area contributed by atoms with Gasteiger partial charge in [-0.2, -0.15) is 13.2 Å². The Bertz CT molecular complexity index is 992. The molecule has 0 radical (unpaired) electrons. The molecule has 1 heterocycles. The highest BCUT2D eigenvalue weighted by Crippen LogP contribution is 2.41. The van der Waals surface area contributed by atoms with Crippen molar-refractivity contribution >= 4 is 22.5 Å². The number of amides is 2. The second-order valence-corrected chi connectivity index (χ2v) is 6.94. The van der Waals surface area contributed by atoms with E-state index in [0.717, 1.165) is 35.7 Å². The topological polar surface area (TPSA) is 54.0 Å². The van der Waals surface area contributed by atoms with Crippen LogP contribution < -0.4 is 10.6 Å². The van der Waals surface area contributed by atoms with Gasteiger partial charge in [-0.25, -0.2) is 4.79 Å². The molecule has 1 atom stereocenters. The number of hydrogen-bond acceptors (Lipinski definition) is 2. The molecule has 2 aromatic carbocycles. The van der Waals surface area contributed by atoms with Gasteiger partial charge in [-0.1, -0.05) is 24.3 Å². The van der Waals surface area contributed by atoms with Crippen LogP contribution in [0.3, 0.4) is 0 Å². The molecule has 0 spiro atoms. The molecule has 0 aliphatic heterocycles. The summed E-state index contributed by atoms with van der Waals surface area (Å²) in [4.78, 5) is 16.6. The Morgan fingerprint density at radius 2 is 1.82 bits per heavy atom. The lowest BCUT2D eigenvalue weighted by molar-refractivity contribution is -0.137. The highest BCUT2D eigenvalue weighted by molar-refractivity contribution is 6.01. The first kappa shape index (κ1) is 18.3. The van der Waals surface area contributed by atoms with Gasteiger partial charge >= 0.3 is 12.2 Å². The first-order chi connectivity index (χ1) is 13.4. The summed E-state index contributed by atoms with van der Waals surface area (Å²) in [5, 5.41) is 7.54. The van der Waals surface area contributed by atoms with E-state index in [2.05, 4.69) is 15.6 Å². The zero-order valence-electron chi connectivity index (χ0n) is 14.8. The summed E-state index contributed by atoms with van der Waals surface area (Å²) in [7, 11) is 0. The van der Waals surface area contributed by atoms with Gasteiger partial charge in [0, 0.05) is 23.2 Å². The standard InChI is InChI=1S/C21H18F3N3O/c22-21(23,24)16-8-6-14(7-9-16)19(13-4-5-13)27-20(28)26-18-3-1-2-15-12-25-11-10-17(15)18/h1-3,6-13,19H,4-5H2,(H2,26,27,28). The number of urea groups is 1. The Labute approximate surface area is 159 Å². The van der Waals surface area contributed by atoms with E-state index in [1.165, 1.54) is 12.1 Å². The SMILES string of the molecule is O=C(Nc1cccc2cnccc12)NC(c1ccc(C(F)(F)F)cc1)C1CC1. The maximum atomic E-state index is 12.8. The van der Waals surface area contributed by atoms with Gasteiger partial charge in [0.25, 0.3) is 0 Å². The second-order valence-electron chi connectivity index (χ2n) is 6.94. The van der Waals surface area contributed by atoms with Crippen molar-refractivity contribution in [3.63, 3.8) is 0 Å². The molecule has 4 rings (SSSR count). The third-order valence-corrected chi connectivity index (χ3v) is 4.91. The Kier molecular flexibility index (Phi) is 4.66. The number of aromatic nitrogens is 1. The van der Waals surface area contributed by atoms with Crippen molar-refractivity contribution in [2.24, 2.45) is 5.92 Å². The molecule has 2 N–H and O–H groups in total. The second kappa shape index (κ2) is 7.14. The highest BCUT2D eigenvalue weighted by atomic mass is 19.4. The summed E-state index contributed by atoms with van der Waals surface area (Å²) in [6.07, 6.45) is 0.869. The lowest BCUT2D eigenvalue weighted by atomic mass is 10.0. The average Bonchev–Trinajstić information content (AvgIpc) is 3.51. The van der Waals surface area contributed by atoms with Crippen LogP contribution in [0.1, 0.15) is 30.0 Å². The fourth-order valence-electron chi connectivity index (χ4n) is 3.31. The lowest BCUT2D eigenvalue weighted by Gasteiger charge is -2.20. The molecule has 1 aliphatic carbocycles. The summed E-state index contributed by atoms with van der Waals surface area (Å²) >= 11 is 0. The third-order valence-electron chi connectivity index (χ3n) is 4.91. The summed E-state index contributed by atoms with van der Waals surface area (Å²) < 4.78 is 38.4. The summed E-state index contributed by atoms with van der Waals surface area (Å²) in [6, 6.07) is 11.6. The molecule has 28 heavy (non-hydrogen) atoms. The number of carbonyl (C=O) groups is 1. The van der Waals surface area contributed by atoms with E-state index in [9.17, 15) is 18.0 Å². The van der Waals surface area contributed by atoms with Gasteiger partial charge < -0.3 is 10.6 Å². The molecular formula is C21H18F3N3O. The smallest absolute Gasteiger partial charge is 0.331 e. The summed E-state index contributed by atoms with van der Waals surface area (Å²) in [5.41, 5.74) is 0.631. The minimum atomic E-state index is -4.37. The number of carbonyl (C=O) groups excluding carboxylic acids is 1. The van der Waals surface area contributed by atoms with Crippen molar-refractivity contribution < 1.29 is 18.0 Å². The molecule has 1 unspecified atom stereocenters. The molecule has 1 aromatic heterocycles. The van der Waals surface area contributed by atoms with Crippen LogP contribution in [0.4, 0.5) is 23.7 Å². The number of alkyl halides is 3. The number of hydrogen-bond donors (Lipinski definition) is 2. The van der Waals surface area contributed by atoms with E-state index in [1.807, 2.05) is 18.2 Å². The normalized spacial score (nSPS) is 15.2. The van der Waals surface area contributed by atoms with Crippen LogP contribution >= 0.6 is 0 Å². The number of nitrogens with one attached hydrogen (secondary N) is 2. The van der Waals surface area contributed by atoms with Crippen molar-refractivity contribution in [1.29, 1.82) is 0 Å². The van der Waals surface area contributed by atoms with Crippen LogP contribution in [0.2, 0.25) is 0 Å². The molecule has 2 amide bonds. The predicted molar refractivity (Wildman–Crippen MR) is 101 cm³/mol. The monoisotopic (exact) mass is 385 g/mol. The maximum Gasteiger partial charge on any atom is 0.416 e. The first-order valence-corrected chi connectivity index (χ1v) is 8.99. The molecule has 1 aliphatic rings. The Morgan fingerprint density at radius 1 is 1.07 bits per heavy atom. The highest BCUT2D eigenvalue weighted by Gasteiger charge is 2.35. The van der Waals surface area contributed by atoms with Crippen LogP contribution in [0, 0.1) is 5.92 Å². The number of pyridine rings is 1. The lowest BCUT2D eigenvalue weighted by Crippen LogP contribution is -2.33. The van der Waals surface area contributed by atoms with Gasteiger partial charge in [0.15, 0.2) is 0 Å². The first-order valence-electron chi connectivity index (χ1n) is 8.99. The fraction of sp³-hybridized carbons (Fsp3) is 0.238. The zero-order valence-corrected chi connectivity index (χ0v) is 14.8. The molecule has 0 saturated heterocycles. The van der Waals surface area contributed by atoms with Crippen LogP contribution in [0.15, 0.2) is 60.9 Å². The van der Waals surface area contributed by atoms with Crippen LogP contribution in [-0.2, 0) is 6.18 Å². The van der Waals surface area contributed by atoms with Crippen molar-refractivity contribution in [3.05, 3.63) is 72.1 Å². The quantitative estimate of drug-likeness (QED) is 0.621. The molecule has 4 nitrogen and oxygen atoms in total. The number of nitrogens with zero attached hydrogens (tertiary/aromatic N) is 1. The minimum Gasteiger partial charge on any atom is -0.331 e. The van der Waals surface area contributed by atoms with Gasteiger partial charge in [0.1, 0.15) is 0 Å². The Balaban J connectivity index is 1.51. The summed E-state index contributed by atoms with van der Waals surface area (Å²) in [5.74, 6) is 0.235. The summed E-state index contributed by atoms with van der Waals surface area (Å²) in [6.45, 7) is 0. The predicted octanol–water partition coefficient (Wildman–Crippen LogP) is 5.53. The van der Waals surface area contributed by atoms with Crippen molar-refractivity contribution in [2.75, 3.05) is 5.32 Å². The van der Waals surface area contributed by atoms with E-state index in [0.29, 0.717) is 11.3 Å². The van der Waals surface area contributed by atoms with E-state index < -0.39 is 11.7 Å². The largest absolute Gasteiger partial charge is 0.416 e. The van der Waals surface area contributed by atoms with E-state index in [-0.39, 0.29) is 18.0 Å². The number of anilines is 1. The Morgan fingerprint density at radius 3 is 2.50 bits per heavy atom. The van der Waals surface area contributed by atoms with Crippen molar-refractivity contribution in [3.8, 4) is 0 Å². The van der Waals surface area contributed by atoms with E-state index >= 15 is 0 Å². The molecule has 1 fully saturated rings. The average molecular weight is 385 g/mol. The van der Waals surface area contributed by atoms with Crippen molar-refractivity contribution in [1.82, 2.24) is 10.3 Å². The maximum absolute atomic E-state index is 12.8. The third kappa shape index (κ3) is 3.93. The molecule has 7 heteroatoms. The van der Waals surface area contributed by atoms with Gasteiger partial charge in [-0.15, -0.1) is 0 Å². The van der Waals surface area contributed by atoms with Gasteiger partial charge in [0.2, 0.25) is 0 Å². The molecule has 1 saturated carbocycles. The van der Waals surface area contributed by atoms with Crippen LogP contribution in [-0.4, -0.2) is 11.0 Å². The zero-order chi connectivity index (χ0) is 19.7. The minimum absolute atomic E-state index is 0.235. The van der Waals surface area contributed by atoms with Crippen molar-refractivity contribution in [2.45, 2.75) is 25.1 Å². The molecule has 144 valence electrons. The van der Waals surface area contributed by atoms with Crippen LogP contribution in [0.25, 0.3) is 10.8 Å². The number of rotatable bonds is 4. The van der Waals surface area contributed by atoms with Gasteiger partial charge in [0.05, 0.1) is 17.3 Å². The fourth-order valence-corrected chi connectivity index (χ4v) is 3.31. The van der Waals surface area contributed by atoms with E-state index in [4.69, 9.17) is 0 Å². The number of benzene rings is 2. The Hall–Kier alpha value is -3.09. The molecule has 0 bridgehead atoms. The number of halogens is 3. The number of fused-ring (bicyclic) bond motifs is 1. The van der Waals surface area contributed by atoms with E-state index in [1.54, 1.807) is 18.5 Å². The van der Waals surface area contributed by atoms with Crippen LogP contribution in [0.5, 0.6) is 0 Å². The van der Waals surface area contributed by atoms with Gasteiger partial charge in [-0.3, -0.25) is 4.98 Å². The molecular weight excluding hydrogens is 367 g/mol.